The van der Waals surface area contributed by atoms with E-state index in [1.165, 1.54) is 18.2 Å². The van der Waals surface area contributed by atoms with Crippen LogP contribution in [0.5, 0.6) is 0 Å². The predicted octanol–water partition coefficient (Wildman–Crippen LogP) is 3.72. The molecular weight excluding hydrogens is 262 g/mol. The maximum Gasteiger partial charge on any atom is 0.433 e. The minimum Gasteiger partial charge on any atom is -0.298 e. The third kappa shape index (κ3) is 2.62. The Morgan fingerprint density at radius 2 is 1.84 bits per heavy atom. The van der Waals surface area contributed by atoms with Crippen molar-refractivity contribution in [1.29, 1.82) is 0 Å². The molecule has 2 aromatic rings. The van der Waals surface area contributed by atoms with Gasteiger partial charge in [-0.3, -0.25) is 9.78 Å². The van der Waals surface area contributed by atoms with E-state index in [4.69, 9.17) is 0 Å². The van der Waals surface area contributed by atoms with Crippen molar-refractivity contribution in [3.8, 4) is 11.1 Å². The Morgan fingerprint density at radius 1 is 1.11 bits per heavy atom. The van der Waals surface area contributed by atoms with Gasteiger partial charge in [0.1, 0.15) is 11.5 Å². The maximum absolute atomic E-state index is 13.8. The summed E-state index contributed by atoms with van der Waals surface area (Å²) in [6, 6.07) is 5.97. The largest absolute Gasteiger partial charge is 0.433 e. The van der Waals surface area contributed by atoms with Gasteiger partial charge in [0.15, 0.2) is 6.29 Å². The van der Waals surface area contributed by atoms with Gasteiger partial charge in [-0.25, -0.2) is 4.39 Å². The minimum absolute atomic E-state index is 0.0332. The molecule has 0 saturated heterocycles. The fourth-order valence-corrected chi connectivity index (χ4v) is 1.58. The molecule has 0 aliphatic heterocycles. The van der Waals surface area contributed by atoms with Gasteiger partial charge in [-0.2, -0.15) is 13.2 Å². The van der Waals surface area contributed by atoms with E-state index in [2.05, 4.69) is 4.98 Å². The van der Waals surface area contributed by atoms with Crippen molar-refractivity contribution in [2.24, 2.45) is 0 Å². The van der Waals surface area contributed by atoms with E-state index in [-0.39, 0.29) is 16.7 Å². The summed E-state index contributed by atoms with van der Waals surface area (Å²) in [5.41, 5.74) is -0.999. The van der Waals surface area contributed by atoms with E-state index in [9.17, 15) is 22.4 Å². The van der Waals surface area contributed by atoms with Crippen LogP contribution >= 0.6 is 0 Å². The minimum atomic E-state index is -4.54. The number of alkyl halides is 3. The lowest BCUT2D eigenvalue weighted by Gasteiger charge is -2.08. The Balaban J connectivity index is 2.46. The van der Waals surface area contributed by atoms with Crippen LogP contribution in [0.1, 0.15) is 16.1 Å². The lowest BCUT2D eigenvalue weighted by atomic mass is 10.0. The first-order valence-corrected chi connectivity index (χ1v) is 5.21. The van der Waals surface area contributed by atoms with Crippen LogP contribution in [0.25, 0.3) is 11.1 Å². The van der Waals surface area contributed by atoms with Gasteiger partial charge >= 0.3 is 6.18 Å². The van der Waals surface area contributed by atoms with Crippen molar-refractivity contribution in [3.63, 3.8) is 0 Å². The van der Waals surface area contributed by atoms with Gasteiger partial charge in [-0.15, -0.1) is 0 Å². The number of carbonyl (C=O) groups excluding carboxylic acids is 1. The molecule has 19 heavy (non-hydrogen) atoms. The number of hydrogen-bond donors (Lipinski definition) is 0. The summed E-state index contributed by atoms with van der Waals surface area (Å²) in [6.07, 6.45) is -3.27. The summed E-state index contributed by atoms with van der Waals surface area (Å²) in [4.78, 5) is 13.8. The first-order chi connectivity index (χ1) is 8.93. The number of benzene rings is 1. The molecule has 1 aromatic heterocycles. The molecule has 0 atom stereocenters. The summed E-state index contributed by atoms with van der Waals surface area (Å²) in [6.45, 7) is 0. The van der Waals surface area contributed by atoms with Crippen molar-refractivity contribution < 1.29 is 22.4 Å². The van der Waals surface area contributed by atoms with Crippen molar-refractivity contribution in [2.75, 3.05) is 0 Å². The molecule has 0 aliphatic carbocycles. The van der Waals surface area contributed by atoms with Crippen molar-refractivity contribution in [3.05, 3.63) is 53.6 Å². The van der Waals surface area contributed by atoms with E-state index < -0.39 is 17.7 Å². The molecule has 0 bridgehead atoms. The number of carbonyl (C=O) groups is 1. The molecular formula is C13H7F4NO. The number of pyridine rings is 1. The molecule has 0 radical (unpaired) electrons. The first-order valence-electron chi connectivity index (χ1n) is 5.21. The molecule has 0 unspecified atom stereocenters. The van der Waals surface area contributed by atoms with Gasteiger partial charge < -0.3 is 0 Å². The second-order valence-corrected chi connectivity index (χ2v) is 3.76. The number of aromatic nitrogens is 1. The zero-order valence-electron chi connectivity index (χ0n) is 9.41. The zero-order chi connectivity index (χ0) is 14.0. The average Bonchev–Trinajstić information content (AvgIpc) is 2.38. The van der Waals surface area contributed by atoms with Crippen molar-refractivity contribution in [2.45, 2.75) is 6.18 Å². The van der Waals surface area contributed by atoms with E-state index >= 15 is 0 Å². The number of halogens is 4. The number of rotatable bonds is 2. The van der Waals surface area contributed by atoms with Crippen LogP contribution in [0.3, 0.4) is 0 Å². The molecule has 1 heterocycles. The summed E-state index contributed by atoms with van der Waals surface area (Å²) in [5, 5.41) is 0. The standard InChI is InChI=1S/C13H7F4NO/c14-12-9(7-19)2-1-3-10(12)8-4-5-11(18-6-8)13(15,16)17/h1-7H. The summed E-state index contributed by atoms with van der Waals surface area (Å²) in [5.74, 6) is -0.779. The van der Waals surface area contributed by atoms with Gasteiger partial charge in [-0.1, -0.05) is 18.2 Å². The van der Waals surface area contributed by atoms with E-state index in [0.717, 1.165) is 18.3 Å². The van der Waals surface area contributed by atoms with E-state index in [0.29, 0.717) is 6.29 Å². The molecule has 98 valence electrons. The third-order valence-corrected chi connectivity index (χ3v) is 2.52. The monoisotopic (exact) mass is 269 g/mol. The van der Waals surface area contributed by atoms with Crippen LogP contribution in [0.15, 0.2) is 36.5 Å². The van der Waals surface area contributed by atoms with Crippen LogP contribution in [-0.4, -0.2) is 11.3 Å². The Kier molecular flexibility index (Phi) is 3.33. The SMILES string of the molecule is O=Cc1cccc(-c2ccc(C(F)(F)F)nc2)c1F. The summed E-state index contributed by atoms with van der Waals surface area (Å²) in [7, 11) is 0. The lowest BCUT2D eigenvalue weighted by molar-refractivity contribution is -0.141. The van der Waals surface area contributed by atoms with E-state index in [1.807, 2.05) is 0 Å². The van der Waals surface area contributed by atoms with Crippen LogP contribution in [0.2, 0.25) is 0 Å². The lowest BCUT2D eigenvalue weighted by Crippen LogP contribution is -2.07. The average molecular weight is 269 g/mol. The first kappa shape index (κ1) is 13.2. The van der Waals surface area contributed by atoms with Crippen LogP contribution in [-0.2, 0) is 6.18 Å². The molecule has 0 amide bonds. The van der Waals surface area contributed by atoms with E-state index in [1.54, 1.807) is 0 Å². The van der Waals surface area contributed by atoms with Gasteiger partial charge in [0, 0.05) is 17.3 Å². The van der Waals surface area contributed by atoms with Crippen LogP contribution < -0.4 is 0 Å². The predicted molar refractivity (Wildman–Crippen MR) is 60.0 cm³/mol. The molecule has 2 rings (SSSR count). The zero-order valence-corrected chi connectivity index (χ0v) is 9.41. The van der Waals surface area contributed by atoms with Gasteiger partial charge in [0.25, 0.3) is 0 Å². The van der Waals surface area contributed by atoms with Gasteiger partial charge in [0.2, 0.25) is 0 Å². The fraction of sp³-hybridized carbons (Fsp3) is 0.0769. The highest BCUT2D eigenvalue weighted by Crippen LogP contribution is 2.30. The normalized spacial score (nSPS) is 11.4. The number of aldehydes is 1. The topological polar surface area (TPSA) is 30.0 Å². The van der Waals surface area contributed by atoms with Gasteiger partial charge in [-0.05, 0) is 12.1 Å². The third-order valence-electron chi connectivity index (χ3n) is 2.52. The molecule has 2 nitrogen and oxygen atoms in total. The smallest absolute Gasteiger partial charge is 0.298 e. The molecule has 6 heteroatoms. The second kappa shape index (κ2) is 4.79. The molecule has 0 fully saturated rings. The highest BCUT2D eigenvalue weighted by molar-refractivity contribution is 5.79. The number of nitrogens with zero attached hydrogens (tertiary/aromatic N) is 1. The second-order valence-electron chi connectivity index (χ2n) is 3.76. The Bertz CT molecular complexity index is 605. The molecule has 0 aliphatic rings. The molecule has 0 N–H and O–H groups in total. The molecule has 1 aromatic carbocycles. The highest BCUT2D eigenvalue weighted by Gasteiger charge is 2.32. The van der Waals surface area contributed by atoms with Gasteiger partial charge in [0.05, 0.1) is 5.56 Å². The Hall–Kier alpha value is -2.24. The number of hydrogen-bond acceptors (Lipinski definition) is 2. The Morgan fingerprint density at radius 3 is 2.37 bits per heavy atom. The summed E-state index contributed by atoms with van der Waals surface area (Å²) >= 11 is 0. The molecule has 0 saturated carbocycles. The van der Waals surface area contributed by atoms with Crippen molar-refractivity contribution >= 4 is 6.29 Å². The maximum atomic E-state index is 13.8. The summed E-state index contributed by atoms with van der Waals surface area (Å²) < 4.78 is 50.8. The van der Waals surface area contributed by atoms with Crippen LogP contribution in [0.4, 0.5) is 17.6 Å². The quantitative estimate of drug-likeness (QED) is 0.614. The van der Waals surface area contributed by atoms with Crippen LogP contribution in [0, 0.1) is 5.82 Å². The van der Waals surface area contributed by atoms with Crippen molar-refractivity contribution in [1.82, 2.24) is 4.98 Å². The fourth-order valence-electron chi connectivity index (χ4n) is 1.58. The molecule has 0 spiro atoms. The Labute approximate surface area is 105 Å². The highest BCUT2D eigenvalue weighted by atomic mass is 19.4.